The summed E-state index contributed by atoms with van der Waals surface area (Å²) in [5, 5.41) is 3.51. The van der Waals surface area contributed by atoms with Gasteiger partial charge in [-0.15, -0.1) is 0 Å². The maximum Gasteiger partial charge on any atom is 0.127 e. The van der Waals surface area contributed by atoms with Gasteiger partial charge in [0, 0.05) is 19.1 Å². The number of hydrogen-bond donors (Lipinski definition) is 1. The van der Waals surface area contributed by atoms with Crippen LogP contribution in [0.25, 0.3) is 0 Å². The zero-order valence-electron chi connectivity index (χ0n) is 10.7. The lowest BCUT2D eigenvalue weighted by molar-refractivity contribution is 0.165. The molecule has 1 aromatic rings. The van der Waals surface area contributed by atoms with E-state index in [1.54, 1.807) is 7.11 Å². The fourth-order valence-electron chi connectivity index (χ4n) is 2.26. The van der Waals surface area contributed by atoms with Gasteiger partial charge in [-0.25, -0.2) is 0 Å². The van der Waals surface area contributed by atoms with Crippen LogP contribution >= 0.6 is 0 Å². The lowest BCUT2D eigenvalue weighted by atomic mass is 10.0. The number of rotatable bonds is 6. The van der Waals surface area contributed by atoms with E-state index in [1.807, 2.05) is 0 Å². The molecule has 1 aliphatic rings. The molecular weight excluding hydrogens is 214 g/mol. The Bertz CT molecular complexity index is 365. The van der Waals surface area contributed by atoms with Gasteiger partial charge >= 0.3 is 0 Å². The first kappa shape index (κ1) is 12.4. The van der Waals surface area contributed by atoms with Crippen LogP contribution in [0.4, 0.5) is 0 Å². The van der Waals surface area contributed by atoms with E-state index in [9.17, 15) is 0 Å². The second kappa shape index (κ2) is 6.03. The molecule has 1 heterocycles. The van der Waals surface area contributed by atoms with E-state index in [2.05, 4.69) is 30.4 Å². The number of hydrogen-bond acceptors (Lipinski definition) is 3. The van der Waals surface area contributed by atoms with Crippen molar-refractivity contribution in [1.82, 2.24) is 5.32 Å². The van der Waals surface area contributed by atoms with Crippen LogP contribution in [0, 0.1) is 0 Å². The fraction of sp³-hybridized carbons (Fsp3) is 0.571. The van der Waals surface area contributed by atoms with E-state index >= 15 is 0 Å². The summed E-state index contributed by atoms with van der Waals surface area (Å²) >= 11 is 0. The van der Waals surface area contributed by atoms with Crippen molar-refractivity contribution in [2.45, 2.75) is 25.8 Å². The van der Waals surface area contributed by atoms with Crippen LogP contribution in [-0.4, -0.2) is 26.9 Å². The molecule has 1 N–H and O–H groups in total. The van der Waals surface area contributed by atoms with Crippen molar-refractivity contribution in [3.05, 3.63) is 29.3 Å². The summed E-state index contributed by atoms with van der Waals surface area (Å²) in [6.45, 7) is 4.65. The monoisotopic (exact) mass is 235 g/mol. The molecule has 0 radical (unpaired) electrons. The van der Waals surface area contributed by atoms with Crippen LogP contribution in [0.3, 0.4) is 0 Å². The standard InChI is InChI=1S/C14H21NO2/c1-3-8-15-13(10-16-2)12-6-4-5-11-7-9-17-14(11)12/h4-6,13,15H,3,7-10H2,1-2H3. The Balaban J connectivity index is 2.20. The summed E-state index contributed by atoms with van der Waals surface area (Å²) in [4.78, 5) is 0. The molecule has 1 aromatic carbocycles. The topological polar surface area (TPSA) is 30.5 Å². The molecule has 0 amide bonds. The van der Waals surface area contributed by atoms with Crippen molar-refractivity contribution in [2.24, 2.45) is 0 Å². The molecule has 1 unspecified atom stereocenters. The molecule has 0 spiro atoms. The van der Waals surface area contributed by atoms with E-state index in [1.165, 1.54) is 11.1 Å². The molecule has 94 valence electrons. The Kier molecular flexibility index (Phi) is 4.40. The third kappa shape index (κ3) is 2.79. The van der Waals surface area contributed by atoms with Crippen LogP contribution in [0.15, 0.2) is 18.2 Å². The maximum atomic E-state index is 5.74. The largest absolute Gasteiger partial charge is 0.493 e. The Hall–Kier alpha value is -1.06. The number of para-hydroxylation sites is 1. The summed E-state index contributed by atoms with van der Waals surface area (Å²) in [5.74, 6) is 1.07. The molecule has 0 bridgehead atoms. The van der Waals surface area contributed by atoms with Crippen molar-refractivity contribution in [3.8, 4) is 5.75 Å². The Morgan fingerprint density at radius 2 is 2.35 bits per heavy atom. The van der Waals surface area contributed by atoms with Crippen LogP contribution in [0.2, 0.25) is 0 Å². The van der Waals surface area contributed by atoms with E-state index in [4.69, 9.17) is 9.47 Å². The van der Waals surface area contributed by atoms with Gasteiger partial charge in [-0.3, -0.25) is 0 Å². The first-order chi connectivity index (χ1) is 8.36. The summed E-state index contributed by atoms with van der Waals surface area (Å²) in [6, 6.07) is 6.62. The minimum Gasteiger partial charge on any atom is -0.493 e. The van der Waals surface area contributed by atoms with E-state index in [0.29, 0.717) is 6.61 Å². The molecule has 2 rings (SSSR count). The van der Waals surface area contributed by atoms with Gasteiger partial charge in [-0.1, -0.05) is 25.1 Å². The summed E-state index contributed by atoms with van der Waals surface area (Å²) in [7, 11) is 1.74. The van der Waals surface area contributed by atoms with Crippen LogP contribution in [-0.2, 0) is 11.2 Å². The van der Waals surface area contributed by atoms with Crippen molar-refractivity contribution >= 4 is 0 Å². The van der Waals surface area contributed by atoms with Crippen LogP contribution in [0.5, 0.6) is 5.75 Å². The van der Waals surface area contributed by atoms with Crippen molar-refractivity contribution in [3.63, 3.8) is 0 Å². The molecule has 17 heavy (non-hydrogen) atoms. The van der Waals surface area contributed by atoms with Crippen LogP contribution in [0.1, 0.15) is 30.5 Å². The number of fused-ring (bicyclic) bond motifs is 1. The Morgan fingerprint density at radius 3 is 3.12 bits per heavy atom. The molecule has 3 nitrogen and oxygen atoms in total. The average Bonchev–Trinajstić information content (AvgIpc) is 2.82. The van der Waals surface area contributed by atoms with Gasteiger partial charge in [-0.05, 0) is 18.5 Å². The highest BCUT2D eigenvalue weighted by Gasteiger charge is 2.21. The predicted molar refractivity (Wildman–Crippen MR) is 68.6 cm³/mol. The highest BCUT2D eigenvalue weighted by Crippen LogP contribution is 2.33. The Labute approximate surface area is 103 Å². The maximum absolute atomic E-state index is 5.74. The second-order valence-corrected chi connectivity index (χ2v) is 4.40. The highest BCUT2D eigenvalue weighted by molar-refractivity contribution is 5.45. The summed E-state index contributed by atoms with van der Waals surface area (Å²) < 4.78 is 11.0. The fourth-order valence-corrected chi connectivity index (χ4v) is 2.26. The molecule has 0 fully saturated rings. The first-order valence-electron chi connectivity index (χ1n) is 6.33. The van der Waals surface area contributed by atoms with E-state index in [-0.39, 0.29) is 6.04 Å². The van der Waals surface area contributed by atoms with Gasteiger partial charge in [0.15, 0.2) is 0 Å². The van der Waals surface area contributed by atoms with Crippen molar-refractivity contribution in [1.29, 1.82) is 0 Å². The number of methoxy groups -OCH3 is 1. The highest BCUT2D eigenvalue weighted by atomic mass is 16.5. The third-order valence-electron chi connectivity index (χ3n) is 3.09. The molecule has 0 aliphatic carbocycles. The second-order valence-electron chi connectivity index (χ2n) is 4.40. The van der Waals surface area contributed by atoms with E-state index < -0.39 is 0 Å². The zero-order chi connectivity index (χ0) is 12.1. The quantitative estimate of drug-likeness (QED) is 0.820. The lowest BCUT2D eigenvalue weighted by Gasteiger charge is -2.20. The van der Waals surface area contributed by atoms with Gasteiger partial charge in [0.1, 0.15) is 5.75 Å². The molecule has 0 aromatic heterocycles. The minimum absolute atomic E-state index is 0.230. The van der Waals surface area contributed by atoms with Crippen molar-refractivity contribution < 1.29 is 9.47 Å². The Morgan fingerprint density at radius 1 is 1.47 bits per heavy atom. The minimum atomic E-state index is 0.230. The molecule has 1 aliphatic heterocycles. The normalized spacial score (nSPS) is 15.4. The summed E-state index contributed by atoms with van der Waals surface area (Å²) in [5.41, 5.74) is 2.55. The van der Waals surface area contributed by atoms with Gasteiger partial charge in [0.05, 0.1) is 19.3 Å². The number of ether oxygens (including phenoxy) is 2. The van der Waals surface area contributed by atoms with Gasteiger partial charge in [0.2, 0.25) is 0 Å². The van der Waals surface area contributed by atoms with Gasteiger partial charge in [0.25, 0.3) is 0 Å². The predicted octanol–water partition coefficient (Wildman–Crippen LogP) is 2.31. The first-order valence-corrected chi connectivity index (χ1v) is 6.33. The number of nitrogens with one attached hydrogen (secondary N) is 1. The van der Waals surface area contributed by atoms with Crippen molar-refractivity contribution in [2.75, 3.05) is 26.9 Å². The van der Waals surface area contributed by atoms with E-state index in [0.717, 1.165) is 31.7 Å². The molecular formula is C14H21NO2. The SMILES string of the molecule is CCCNC(COC)c1cccc2c1OCC2. The van der Waals surface area contributed by atoms with Gasteiger partial charge < -0.3 is 14.8 Å². The smallest absolute Gasteiger partial charge is 0.127 e. The average molecular weight is 235 g/mol. The molecule has 0 saturated heterocycles. The molecule has 0 saturated carbocycles. The third-order valence-corrected chi connectivity index (χ3v) is 3.09. The molecule has 3 heteroatoms. The summed E-state index contributed by atoms with van der Waals surface area (Å²) in [6.07, 6.45) is 2.15. The van der Waals surface area contributed by atoms with Crippen LogP contribution < -0.4 is 10.1 Å². The lowest BCUT2D eigenvalue weighted by Crippen LogP contribution is -2.26. The number of benzene rings is 1. The van der Waals surface area contributed by atoms with Gasteiger partial charge in [-0.2, -0.15) is 0 Å². The zero-order valence-corrected chi connectivity index (χ0v) is 10.7. The molecule has 1 atom stereocenters.